The molecule has 21 heavy (non-hydrogen) atoms. The zero-order valence-corrected chi connectivity index (χ0v) is 12.8. The van der Waals surface area contributed by atoms with Gasteiger partial charge >= 0.3 is 5.69 Å². The molecule has 112 valence electrons. The van der Waals surface area contributed by atoms with Crippen LogP contribution < -0.4 is 5.32 Å². The topological polar surface area (TPSA) is 91.8 Å². The molecule has 1 aliphatic rings. The minimum Gasteiger partial charge on any atom is -0.363 e. The van der Waals surface area contributed by atoms with Crippen LogP contribution in [-0.4, -0.2) is 27.5 Å². The average molecular weight is 306 g/mol. The van der Waals surface area contributed by atoms with Crippen LogP contribution in [0.2, 0.25) is 0 Å². The number of hydrogen-bond acceptors (Lipinski definition) is 6. The molecule has 1 aliphatic carbocycles. The maximum atomic E-state index is 11.2. The molecular weight excluding hydrogens is 288 g/mol. The average Bonchev–Trinajstić information content (AvgIpc) is 2.53. The third kappa shape index (κ3) is 3.45. The van der Waals surface area contributed by atoms with E-state index < -0.39 is 4.92 Å². The standard InChI is InChI=1S/C14H18N4O2S/c1-21-14(6-3-2-4-7-14)10-17-13-12(18(19)20)11(9-15)5-8-16-13/h5,8H,2-4,6-7,10H2,1H3,(H,16,17). The summed E-state index contributed by atoms with van der Waals surface area (Å²) in [6, 6.07) is 3.22. The van der Waals surface area contributed by atoms with Crippen LogP contribution in [0.15, 0.2) is 12.3 Å². The van der Waals surface area contributed by atoms with Crippen molar-refractivity contribution in [1.29, 1.82) is 5.26 Å². The minimum absolute atomic E-state index is 0.0411. The molecule has 6 nitrogen and oxygen atoms in total. The second-order valence-electron chi connectivity index (χ2n) is 5.23. The molecule has 1 saturated carbocycles. The number of thioether (sulfide) groups is 1. The van der Waals surface area contributed by atoms with Crippen LogP contribution in [0.25, 0.3) is 0 Å². The summed E-state index contributed by atoms with van der Waals surface area (Å²) in [7, 11) is 0. The van der Waals surface area contributed by atoms with Crippen molar-refractivity contribution >= 4 is 23.3 Å². The second kappa shape index (κ2) is 6.76. The van der Waals surface area contributed by atoms with Crippen LogP contribution in [0, 0.1) is 21.4 Å². The van der Waals surface area contributed by atoms with Crippen molar-refractivity contribution in [3.05, 3.63) is 27.9 Å². The van der Waals surface area contributed by atoms with Gasteiger partial charge in [-0.15, -0.1) is 0 Å². The van der Waals surface area contributed by atoms with E-state index in [1.807, 2.05) is 17.8 Å². The third-order valence-electron chi connectivity index (χ3n) is 4.00. The van der Waals surface area contributed by atoms with Gasteiger partial charge in [-0.2, -0.15) is 17.0 Å². The highest BCUT2D eigenvalue weighted by atomic mass is 32.2. The molecule has 0 spiro atoms. The molecule has 1 N–H and O–H groups in total. The molecule has 0 unspecified atom stereocenters. The fourth-order valence-electron chi connectivity index (χ4n) is 2.75. The van der Waals surface area contributed by atoms with Crippen molar-refractivity contribution in [2.75, 3.05) is 18.1 Å². The number of hydrogen-bond donors (Lipinski definition) is 1. The molecule has 0 aliphatic heterocycles. The Morgan fingerprint density at radius 2 is 2.24 bits per heavy atom. The summed E-state index contributed by atoms with van der Waals surface area (Å²) in [5.74, 6) is 0.193. The van der Waals surface area contributed by atoms with Gasteiger partial charge in [-0.05, 0) is 25.2 Å². The van der Waals surface area contributed by atoms with Gasteiger partial charge in [0.05, 0.1) is 4.92 Å². The summed E-state index contributed by atoms with van der Waals surface area (Å²) < 4.78 is 0.108. The number of aromatic nitrogens is 1. The quantitative estimate of drug-likeness (QED) is 0.662. The van der Waals surface area contributed by atoms with E-state index in [2.05, 4.69) is 16.6 Å². The summed E-state index contributed by atoms with van der Waals surface area (Å²) in [6.07, 6.45) is 9.36. The number of nitro groups is 1. The largest absolute Gasteiger partial charge is 0.363 e. The molecule has 0 amide bonds. The van der Waals surface area contributed by atoms with Gasteiger partial charge < -0.3 is 5.32 Å². The fourth-order valence-corrected chi connectivity index (χ4v) is 3.67. The van der Waals surface area contributed by atoms with Gasteiger partial charge in [0.15, 0.2) is 0 Å². The van der Waals surface area contributed by atoms with E-state index in [-0.39, 0.29) is 21.8 Å². The fraction of sp³-hybridized carbons (Fsp3) is 0.571. The van der Waals surface area contributed by atoms with Crippen molar-refractivity contribution < 1.29 is 4.92 Å². The molecule has 1 heterocycles. The zero-order chi connectivity index (χ0) is 15.3. The molecule has 0 aromatic carbocycles. The molecular formula is C14H18N4O2S. The number of rotatable bonds is 5. The molecule has 0 atom stereocenters. The summed E-state index contributed by atoms with van der Waals surface area (Å²) in [6.45, 7) is 0.636. The lowest BCUT2D eigenvalue weighted by Crippen LogP contribution is -2.35. The number of nitrogens with one attached hydrogen (secondary N) is 1. The van der Waals surface area contributed by atoms with Crippen LogP contribution in [0.3, 0.4) is 0 Å². The van der Waals surface area contributed by atoms with Gasteiger partial charge in [0.2, 0.25) is 5.82 Å². The molecule has 0 bridgehead atoms. The highest BCUT2D eigenvalue weighted by Gasteiger charge is 2.32. The van der Waals surface area contributed by atoms with Gasteiger partial charge in [-0.3, -0.25) is 10.1 Å². The summed E-state index contributed by atoms with van der Waals surface area (Å²) in [5, 5.41) is 23.3. The minimum atomic E-state index is -0.541. The van der Waals surface area contributed by atoms with E-state index in [4.69, 9.17) is 5.26 Å². The highest BCUT2D eigenvalue weighted by Crippen LogP contribution is 2.39. The lowest BCUT2D eigenvalue weighted by atomic mass is 9.88. The summed E-state index contributed by atoms with van der Waals surface area (Å²) >= 11 is 1.81. The Balaban J connectivity index is 2.20. The van der Waals surface area contributed by atoms with Gasteiger partial charge in [0.1, 0.15) is 11.6 Å². The first kappa shape index (κ1) is 15.6. The first-order chi connectivity index (χ1) is 10.1. The van der Waals surface area contributed by atoms with Crippen LogP contribution in [0.1, 0.15) is 37.7 Å². The van der Waals surface area contributed by atoms with Crippen molar-refractivity contribution in [2.45, 2.75) is 36.9 Å². The number of pyridine rings is 1. The molecule has 1 aromatic heterocycles. The van der Waals surface area contributed by atoms with Crippen molar-refractivity contribution in [3.8, 4) is 6.07 Å². The monoisotopic (exact) mass is 306 g/mol. The molecule has 0 radical (unpaired) electrons. The van der Waals surface area contributed by atoms with E-state index in [0.29, 0.717) is 6.54 Å². The Labute approximate surface area is 128 Å². The molecule has 1 fully saturated rings. The predicted octanol–water partition coefficient (Wildman–Crippen LogP) is 3.34. The van der Waals surface area contributed by atoms with Gasteiger partial charge in [0, 0.05) is 17.5 Å². The van der Waals surface area contributed by atoms with E-state index in [0.717, 1.165) is 12.8 Å². The first-order valence-corrected chi connectivity index (χ1v) is 8.17. The summed E-state index contributed by atoms with van der Waals surface area (Å²) in [5.41, 5.74) is -0.189. The maximum absolute atomic E-state index is 11.2. The third-order valence-corrected chi connectivity index (χ3v) is 5.42. The van der Waals surface area contributed by atoms with E-state index in [9.17, 15) is 10.1 Å². The Hall–Kier alpha value is -1.81. The lowest BCUT2D eigenvalue weighted by molar-refractivity contribution is -0.384. The van der Waals surface area contributed by atoms with Crippen molar-refractivity contribution in [3.63, 3.8) is 0 Å². The molecule has 7 heteroatoms. The number of nitrogens with zero attached hydrogens (tertiary/aromatic N) is 3. The predicted molar refractivity (Wildman–Crippen MR) is 83.4 cm³/mol. The zero-order valence-electron chi connectivity index (χ0n) is 12.0. The van der Waals surface area contributed by atoms with E-state index in [1.165, 1.54) is 31.5 Å². The number of nitriles is 1. The Bertz CT molecular complexity index is 565. The SMILES string of the molecule is CSC1(CNc2nccc(C#N)c2[N+](=O)[O-])CCCCC1. The molecule has 0 saturated heterocycles. The molecule has 1 aromatic rings. The Morgan fingerprint density at radius 1 is 1.52 bits per heavy atom. The summed E-state index contributed by atoms with van der Waals surface area (Å²) in [4.78, 5) is 14.7. The Kier molecular flexibility index (Phi) is 5.02. The van der Waals surface area contributed by atoms with Crippen LogP contribution in [0.4, 0.5) is 11.5 Å². The number of anilines is 1. The van der Waals surface area contributed by atoms with E-state index >= 15 is 0 Å². The van der Waals surface area contributed by atoms with E-state index in [1.54, 1.807) is 0 Å². The molecule has 2 rings (SSSR count). The normalized spacial score (nSPS) is 17.0. The first-order valence-electron chi connectivity index (χ1n) is 6.94. The Morgan fingerprint density at radius 3 is 2.81 bits per heavy atom. The smallest absolute Gasteiger partial charge is 0.328 e. The van der Waals surface area contributed by atoms with Gasteiger partial charge in [-0.25, -0.2) is 4.98 Å². The highest BCUT2D eigenvalue weighted by molar-refractivity contribution is 8.00. The van der Waals surface area contributed by atoms with Crippen LogP contribution in [0.5, 0.6) is 0 Å². The van der Waals surface area contributed by atoms with Crippen molar-refractivity contribution in [1.82, 2.24) is 4.98 Å². The van der Waals surface area contributed by atoms with Crippen molar-refractivity contribution in [2.24, 2.45) is 0 Å². The van der Waals surface area contributed by atoms with Gasteiger partial charge in [0.25, 0.3) is 0 Å². The lowest BCUT2D eigenvalue weighted by Gasteiger charge is -2.35. The maximum Gasteiger partial charge on any atom is 0.328 e. The van der Waals surface area contributed by atoms with Gasteiger partial charge in [-0.1, -0.05) is 19.3 Å². The van der Waals surface area contributed by atoms with Crippen LogP contribution >= 0.6 is 11.8 Å². The van der Waals surface area contributed by atoms with Crippen LogP contribution in [-0.2, 0) is 0 Å². The second-order valence-corrected chi connectivity index (χ2v) is 6.50.